The van der Waals surface area contributed by atoms with Gasteiger partial charge in [0.1, 0.15) is 6.04 Å². The first-order valence-electron chi connectivity index (χ1n) is 5.05. The van der Waals surface area contributed by atoms with E-state index < -0.39 is 6.04 Å². The Labute approximate surface area is 99.8 Å². The molecule has 1 rings (SSSR count). The van der Waals surface area contributed by atoms with Crippen LogP contribution in [0.2, 0.25) is 0 Å². The van der Waals surface area contributed by atoms with Gasteiger partial charge in [0.25, 0.3) is 5.91 Å². The fraction of sp³-hybridized carbons (Fsp3) is 0.333. The molecule has 1 atom stereocenters. The highest BCUT2D eigenvalue weighted by molar-refractivity contribution is 5.95. The molecule has 1 N–H and O–H groups in total. The van der Waals surface area contributed by atoms with E-state index in [1.807, 2.05) is 6.07 Å². The van der Waals surface area contributed by atoms with Crippen LogP contribution >= 0.6 is 0 Å². The Morgan fingerprint density at radius 3 is 2.71 bits per heavy atom. The third kappa shape index (κ3) is 2.67. The summed E-state index contributed by atoms with van der Waals surface area (Å²) in [6.07, 6.45) is 0. The zero-order chi connectivity index (χ0) is 13.0. The number of carbonyl (C=O) groups is 1. The summed E-state index contributed by atoms with van der Waals surface area (Å²) in [5.74, 6) is -0.120. The number of aromatic hydroxyl groups is 1. The molecule has 1 unspecified atom stereocenters. The molecular weight excluding hydrogens is 220 g/mol. The van der Waals surface area contributed by atoms with Gasteiger partial charge >= 0.3 is 0 Å². The number of amides is 1. The van der Waals surface area contributed by atoms with E-state index in [0.29, 0.717) is 11.3 Å². The lowest BCUT2D eigenvalue weighted by atomic mass is 10.1. The van der Waals surface area contributed by atoms with Gasteiger partial charge in [-0.15, -0.1) is 0 Å². The molecule has 0 saturated heterocycles. The third-order valence-electron chi connectivity index (χ3n) is 2.51. The van der Waals surface area contributed by atoms with Gasteiger partial charge < -0.3 is 14.7 Å². The Hall–Kier alpha value is -2.22. The van der Waals surface area contributed by atoms with Gasteiger partial charge in [0, 0.05) is 12.6 Å². The summed E-state index contributed by atoms with van der Waals surface area (Å²) in [6.45, 7) is 1.63. The minimum atomic E-state index is -0.522. The van der Waals surface area contributed by atoms with E-state index in [-0.39, 0.29) is 11.7 Å². The summed E-state index contributed by atoms with van der Waals surface area (Å²) < 4.78 is 4.88. The fourth-order valence-electron chi connectivity index (χ4n) is 1.29. The minimum Gasteiger partial charge on any atom is -0.504 e. The Kier molecular flexibility index (Phi) is 3.94. The van der Waals surface area contributed by atoms with Crippen LogP contribution in [0, 0.1) is 11.3 Å². The second-order valence-corrected chi connectivity index (χ2v) is 3.61. The van der Waals surface area contributed by atoms with Crippen LogP contribution in [0.15, 0.2) is 18.2 Å². The topological polar surface area (TPSA) is 73.6 Å². The van der Waals surface area contributed by atoms with Crippen molar-refractivity contribution in [2.75, 3.05) is 14.2 Å². The van der Waals surface area contributed by atoms with Crippen molar-refractivity contribution >= 4 is 5.91 Å². The second-order valence-electron chi connectivity index (χ2n) is 3.61. The van der Waals surface area contributed by atoms with Crippen molar-refractivity contribution in [2.24, 2.45) is 0 Å². The Balaban J connectivity index is 2.98. The van der Waals surface area contributed by atoms with Crippen LogP contribution < -0.4 is 4.74 Å². The zero-order valence-corrected chi connectivity index (χ0v) is 9.97. The van der Waals surface area contributed by atoms with Gasteiger partial charge in [-0.2, -0.15) is 5.26 Å². The number of phenolic OH excluding ortho intramolecular Hbond substituents is 1. The van der Waals surface area contributed by atoms with Crippen LogP contribution in [0.4, 0.5) is 0 Å². The molecule has 0 aliphatic carbocycles. The summed E-state index contributed by atoms with van der Waals surface area (Å²) in [5, 5.41) is 18.3. The smallest absolute Gasteiger partial charge is 0.254 e. The molecule has 0 aliphatic rings. The quantitative estimate of drug-likeness (QED) is 0.857. The molecule has 0 radical (unpaired) electrons. The average Bonchev–Trinajstić information content (AvgIpc) is 2.35. The Morgan fingerprint density at radius 2 is 2.24 bits per heavy atom. The van der Waals surface area contributed by atoms with E-state index in [2.05, 4.69) is 0 Å². The third-order valence-corrected chi connectivity index (χ3v) is 2.51. The summed E-state index contributed by atoms with van der Waals surface area (Å²) in [5.41, 5.74) is 0.313. The Bertz CT molecular complexity index is 465. The van der Waals surface area contributed by atoms with Crippen LogP contribution in [0.5, 0.6) is 11.5 Å². The van der Waals surface area contributed by atoms with Crippen molar-refractivity contribution in [2.45, 2.75) is 13.0 Å². The van der Waals surface area contributed by atoms with Gasteiger partial charge in [0.2, 0.25) is 0 Å². The molecule has 5 nitrogen and oxygen atoms in total. The molecule has 0 bridgehead atoms. The van der Waals surface area contributed by atoms with E-state index in [4.69, 9.17) is 10.00 Å². The molecule has 1 aromatic carbocycles. The van der Waals surface area contributed by atoms with Gasteiger partial charge in [-0.3, -0.25) is 4.79 Å². The van der Waals surface area contributed by atoms with Gasteiger partial charge in [-0.25, -0.2) is 0 Å². The number of carbonyl (C=O) groups excluding carboxylic acids is 1. The van der Waals surface area contributed by atoms with Crippen LogP contribution in [0.25, 0.3) is 0 Å². The first kappa shape index (κ1) is 12.8. The average molecular weight is 234 g/mol. The molecule has 1 amide bonds. The van der Waals surface area contributed by atoms with Crippen LogP contribution in [-0.4, -0.2) is 36.1 Å². The number of rotatable bonds is 3. The van der Waals surface area contributed by atoms with Gasteiger partial charge in [0.05, 0.1) is 13.2 Å². The summed E-state index contributed by atoms with van der Waals surface area (Å²) >= 11 is 0. The fourth-order valence-corrected chi connectivity index (χ4v) is 1.29. The van der Waals surface area contributed by atoms with Crippen molar-refractivity contribution in [3.63, 3.8) is 0 Å². The summed E-state index contributed by atoms with van der Waals surface area (Å²) in [6, 6.07) is 5.82. The summed E-state index contributed by atoms with van der Waals surface area (Å²) in [4.78, 5) is 13.2. The van der Waals surface area contributed by atoms with E-state index >= 15 is 0 Å². The van der Waals surface area contributed by atoms with Crippen LogP contribution in [0.1, 0.15) is 17.3 Å². The van der Waals surface area contributed by atoms with Gasteiger partial charge in [0.15, 0.2) is 11.5 Å². The maximum atomic E-state index is 11.9. The molecule has 0 saturated carbocycles. The number of ether oxygens (including phenoxy) is 1. The number of phenols is 1. The number of hydrogen-bond donors (Lipinski definition) is 1. The highest BCUT2D eigenvalue weighted by atomic mass is 16.5. The molecule has 0 aromatic heterocycles. The molecule has 90 valence electrons. The molecule has 0 fully saturated rings. The van der Waals surface area contributed by atoms with E-state index in [9.17, 15) is 9.90 Å². The molecule has 0 aliphatic heterocycles. The Morgan fingerprint density at radius 1 is 1.59 bits per heavy atom. The van der Waals surface area contributed by atoms with Crippen molar-refractivity contribution in [1.82, 2.24) is 4.90 Å². The number of nitrogens with zero attached hydrogens (tertiary/aromatic N) is 2. The summed E-state index contributed by atoms with van der Waals surface area (Å²) in [7, 11) is 2.97. The lowest BCUT2D eigenvalue weighted by molar-refractivity contribution is 0.0772. The number of nitriles is 1. The second kappa shape index (κ2) is 5.21. The van der Waals surface area contributed by atoms with E-state index in [1.54, 1.807) is 13.0 Å². The predicted octanol–water partition coefficient (Wildman–Crippen LogP) is 1.38. The van der Waals surface area contributed by atoms with Gasteiger partial charge in [-0.05, 0) is 25.1 Å². The first-order chi connectivity index (χ1) is 8.01. The van der Waals surface area contributed by atoms with Crippen molar-refractivity contribution in [3.05, 3.63) is 23.8 Å². The highest BCUT2D eigenvalue weighted by Gasteiger charge is 2.18. The number of methoxy groups -OCH3 is 1. The SMILES string of the molecule is COc1ccc(C(=O)N(C)C(C)C#N)cc1O. The zero-order valence-electron chi connectivity index (χ0n) is 9.97. The van der Waals surface area contributed by atoms with Crippen molar-refractivity contribution < 1.29 is 14.6 Å². The van der Waals surface area contributed by atoms with Crippen molar-refractivity contribution in [3.8, 4) is 17.6 Å². The number of hydrogen-bond acceptors (Lipinski definition) is 4. The molecular formula is C12H14N2O3. The normalized spacial score (nSPS) is 11.4. The molecule has 0 heterocycles. The molecule has 1 aromatic rings. The maximum absolute atomic E-state index is 11.9. The standard InChI is InChI=1S/C12H14N2O3/c1-8(7-13)14(2)12(16)9-4-5-11(17-3)10(15)6-9/h4-6,8,15H,1-3H3. The van der Waals surface area contributed by atoms with Crippen LogP contribution in [0.3, 0.4) is 0 Å². The van der Waals surface area contributed by atoms with Crippen molar-refractivity contribution in [1.29, 1.82) is 5.26 Å². The largest absolute Gasteiger partial charge is 0.504 e. The van der Waals surface area contributed by atoms with E-state index in [1.165, 1.54) is 31.2 Å². The minimum absolute atomic E-state index is 0.101. The maximum Gasteiger partial charge on any atom is 0.254 e. The monoisotopic (exact) mass is 234 g/mol. The van der Waals surface area contributed by atoms with Crippen LogP contribution in [-0.2, 0) is 0 Å². The lowest BCUT2D eigenvalue weighted by Crippen LogP contribution is -2.33. The first-order valence-corrected chi connectivity index (χ1v) is 5.05. The molecule has 17 heavy (non-hydrogen) atoms. The highest BCUT2D eigenvalue weighted by Crippen LogP contribution is 2.26. The molecule has 5 heteroatoms. The van der Waals surface area contributed by atoms with Gasteiger partial charge in [-0.1, -0.05) is 0 Å². The predicted molar refractivity (Wildman–Crippen MR) is 61.8 cm³/mol. The van der Waals surface area contributed by atoms with E-state index in [0.717, 1.165) is 0 Å². The lowest BCUT2D eigenvalue weighted by Gasteiger charge is -2.19. The number of benzene rings is 1. The molecule has 0 spiro atoms.